The molecule has 8 heteroatoms. The Bertz CT molecular complexity index is 857. The molecule has 0 bridgehead atoms. The number of primary amides is 1. The van der Waals surface area contributed by atoms with Crippen LogP contribution in [-0.4, -0.2) is 38.7 Å². The van der Waals surface area contributed by atoms with Gasteiger partial charge in [0.05, 0.1) is 26.9 Å². The predicted molar refractivity (Wildman–Crippen MR) is 112 cm³/mol. The first-order chi connectivity index (χ1) is 14.3. The number of amides is 2. The third kappa shape index (κ3) is 6.38. The van der Waals surface area contributed by atoms with Crippen LogP contribution in [0.5, 0.6) is 17.2 Å². The van der Waals surface area contributed by atoms with E-state index in [0.29, 0.717) is 18.7 Å². The molecule has 0 aliphatic rings. The first-order valence-electron chi connectivity index (χ1n) is 9.49. The highest BCUT2D eigenvalue weighted by Crippen LogP contribution is 2.38. The summed E-state index contributed by atoms with van der Waals surface area (Å²) >= 11 is 0. The van der Waals surface area contributed by atoms with E-state index in [9.17, 15) is 9.59 Å². The first kappa shape index (κ1) is 23.0. The molecular weight excluding hydrogens is 388 g/mol. The Hall–Kier alpha value is -3.26. The SMILES string of the molecule is COc1cc(C(=O)NCc2ccccc2COC(C)C)cc(OC)c1OCC(N)=O. The van der Waals surface area contributed by atoms with Gasteiger partial charge < -0.3 is 30.0 Å². The smallest absolute Gasteiger partial charge is 0.255 e. The number of benzene rings is 2. The maximum absolute atomic E-state index is 12.7. The standard InChI is InChI=1S/C22H28N2O6/c1-14(2)29-12-16-8-6-5-7-15(16)11-24-22(26)17-9-18(27-3)21(19(10-17)28-4)30-13-20(23)25/h5-10,14H,11-13H2,1-4H3,(H2,23,25)(H,24,26). The third-order valence-electron chi connectivity index (χ3n) is 4.21. The van der Waals surface area contributed by atoms with Crippen molar-refractivity contribution in [3.05, 3.63) is 53.1 Å². The van der Waals surface area contributed by atoms with Crippen molar-refractivity contribution in [2.45, 2.75) is 33.1 Å². The van der Waals surface area contributed by atoms with E-state index >= 15 is 0 Å². The Morgan fingerprint density at radius 1 is 1.03 bits per heavy atom. The van der Waals surface area contributed by atoms with Crippen LogP contribution in [0.15, 0.2) is 36.4 Å². The lowest BCUT2D eigenvalue weighted by atomic mass is 10.1. The zero-order valence-corrected chi connectivity index (χ0v) is 17.7. The molecule has 162 valence electrons. The second-order valence-corrected chi connectivity index (χ2v) is 6.78. The maximum Gasteiger partial charge on any atom is 0.255 e. The normalized spacial score (nSPS) is 10.6. The largest absolute Gasteiger partial charge is 0.493 e. The fraction of sp³-hybridized carbons (Fsp3) is 0.364. The number of methoxy groups -OCH3 is 2. The molecule has 0 aliphatic carbocycles. The molecule has 0 atom stereocenters. The summed E-state index contributed by atoms with van der Waals surface area (Å²) in [6, 6.07) is 10.8. The van der Waals surface area contributed by atoms with Gasteiger partial charge in [0, 0.05) is 12.1 Å². The van der Waals surface area contributed by atoms with Crippen LogP contribution in [0.1, 0.15) is 35.3 Å². The van der Waals surface area contributed by atoms with Crippen LogP contribution < -0.4 is 25.3 Å². The summed E-state index contributed by atoms with van der Waals surface area (Å²) in [4.78, 5) is 23.8. The average Bonchev–Trinajstić information content (AvgIpc) is 2.74. The number of rotatable bonds is 11. The molecule has 0 aromatic heterocycles. The van der Waals surface area contributed by atoms with E-state index in [1.54, 1.807) is 0 Å². The van der Waals surface area contributed by atoms with Crippen molar-refractivity contribution in [1.82, 2.24) is 5.32 Å². The topological polar surface area (TPSA) is 109 Å². The zero-order chi connectivity index (χ0) is 22.1. The molecule has 3 N–H and O–H groups in total. The quantitative estimate of drug-likeness (QED) is 0.582. The Morgan fingerprint density at radius 3 is 2.17 bits per heavy atom. The summed E-state index contributed by atoms with van der Waals surface area (Å²) in [6.07, 6.45) is 0.114. The van der Waals surface area contributed by atoms with Gasteiger partial charge in [0.1, 0.15) is 0 Å². The van der Waals surface area contributed by atoms with Crippen LogP contribution >= 0.6 is 0 Å². The molecule has 0 radical (unpaired) electrons. The number of carbonyl (C=O) groups excluding carboxylic acids is 2. The lowest BCUT2D eigenvalue weighted by Crippen LogP contribution is -2.24. The molecule has 0 unspecified atom stereocenters. The van der Waals surface area contributed by atoms with Crippen molar-refractivity contribution in [1.29, 1.82) is 0 Å². The minimum absolute atomic E-state index is 0.114. The zero-order valence-electron chi connectivity index (χ0n) is 17.7. The second kappa shape index (κ2) is 11.1. The van der Waals surface area contributed by atoms with Crippen LogP contribution in [0.4, 0.5) is 0 Å². The molecule has 0 spiro atoms. The van der Waals surface area contributed by atoms with E-state index in [-0.39, 0.29) is 35.9 Å². The van der Waals surface area contributed by atoms with Crippen LogP contribution in [-0.2, 0) is 22.7 Å². The van der Waals surface area contributed by atoms with E-state index < -0.39 is 5.91 Å². The van der Waals surface area contributed by atoms with Crippen molar-refractivity contribution < 1.29 is 28.5 Å². The van der Waals surface area contributed by atoms with Gasteiger partial charge in [0.25, 0.3) is 11.8 Å². The van der Waals surface area contributed by atoms with E-state index in [1.165, 1.54) is 26.4 Å². The van der Waals surface area contributed by atoms with Crippen LogP contribution in [0, 0.1) is 0 Å². The maximum atomic E-state index is 12.7. The molecule has 0 heterocycles. The molecule has 8 nitrogen and oxygen atoms in total. The number of nitrogens with two attached hydrogens (primary N) is 1. The van der Waals surface area contributed by atoms with Crippen molar-refractivity contribution >= 4 is 11.8 Å². The first-order valence-corrected chi connectivity index (χ1v) is 9.49. The van der Waals surface area contributed by atoms with E-state index in [4.69, 9.17) is 24.7 Å². The lowest BCUT2D eigenvalue weighted by molar-refractivity contribution is -0.120. The molecule has 2 aromatic rings. The van der Waals surface area contributed by atoms with Gasteiger partial charge in [-0.25, -0.2) is 0 Å². The molecule has 0 fully saturated rings. The molecular formula is C22H28N2O6. The highest BCUT2D eigenvalue weighted by molar-refractivity contribution is 5.95. The van der Waals surface area contributed by atoms with Crippen LogP contribution in [0.3, 0.4) is 0 Å². The molecule has 0 saturated heterocycles. The van der Waals surface area contributed by atoms with E-state index in [0.717, 1.165) is 11.1 Å². The molecule has 0 aliphatic heterocycles. The van der Waals surface area contributed by atoms with Gasteiger partial charge in [-0.05, 0) is 37.1 Å². The van der Waals surface area contributed by atoms with Gasteiger partial charge in [-0.1, -0.05) is 24.3 Å². The van der Waals surface area contributed by atoms with Gasteiger partial charge in [0.15, 0.2) is 18.1 Å². The monoisotopic (exact) mass is 416 g/mol. The van der Waals surface area contributed by atoms with Gasteiger partial charge in [-0.2, -0.15) is 0 Å². The van der Waals surface area contributed by atoms with Gasteiger partial charge in [-0.15, -0.1) is 0 Å². The average molecular weight is 416 g/mol. The number of nitrogens with one attached hydrogen (secondary N) is 1. The summed E-state index contributed by atoms with van der Waals surface area (Å²) in [5.41, 5.74) is 7.43. The minimum atomic E-state index is -0.638. The van der Waals surface area contributed by atoms with Gasteiger partial charge in [-0.3, -0.25) is 9.59 Å². The highest BCUT2D eigenvalue weighted by atomic mass is 16.5. The summed E-state index contributed by atoms with van der Waals surface area (Å²) in [6.45, 7) is 4.41. The predicted octanol–water partition coefficient (Wildman–Crippen LogP) is 2.42. The number of hydrogen-bond acceptors (Lipinski definition) is 6. The van der Waals surface area contributed by atoms with Gasteiger partial charge >= 0.3 is 0 Å². The van der Waals surface area contributed by atoms with E-state index in [2.05, 4.69) is 5.32 Å². The molecule has 2 rings (SSSR count). The lowest BCUT2D eigenvalue weighted by Gasteiger charge is -2.16. The number of ether oxygens (including phenoxy) is 4. The van der Waals surface area contributed by atoms with Crippen molar-refractivity contribution in [3.8, 4) is 17.2 Å². The fourth-order valence-corrected chi connectivity index (χ4v) is 2.70. The van der Waals surface area contributed by atoms with E-state index in [1.807, 2.05) is 38.1 Å². The molecule has 30 heavy (non-hydrogen) atoms. The van der Waals surface area contributed by atoms with Crippen molar-refractivity contribution in [2.24, 2.45) is 5.73 Å². The second-order valence-electron chi connectivity index (χ2n) is 6.78. The Balaban J connectivity index is 2.17. The van der Waals surface area contributed by atoms with Crippen molar-refractivity contribution in [3.63, 3.8) is 0 Å². The minimum Gasteiger partial charge on any atom is -0.493 e. The fourth-order valence-electron chi connectivity index (χ4n) is 2.70. The Labute approximate surface area is 176 Å². The molecule has 2 aromatic carbocycles. The molecule has 2 amide bonds. The Morgan fingerprint density at radius 2 is 1.63 bits per heavy atom. The number of carbonyl (C=O) groups is 2. The summed E-state index contributed by atoms with van der Waals surface area (Å²) in [7, 11) is 2.86. The number of hydrogen-bond donors (Lipinski definition) is 2. The summed E-state index contributed by atoms with van der Waals surface area (Å²) in [5.74, 6) is -0.238. The molecule has 0 saturated carbocycles. The van der Waals surface area contributed by atoms with Gasteiger partial charge in [0.2, 0.25) is 5.75 Å². The highest BCUT2D eigenvalue weighted by Gasteiger charge is 2.18. The van der Waals surface area contributed by atoms with Crippen LogP contribution in [0.2, 0.25) is 0 Å². The summed E-state index contributed by atoms with van der Waals surface area (Å²) < 4.78 is 21.6. The van der Waals surface area contributed by atoms with Crippen molar-refractivity contribution in [2.75, 3.05) is 20.8 Å². The van der Waals surface area contributed by atoms with Crippen LogP contribution in [0.25, 0.3) is 0 Å². The Kier molecular flexibility index (Phi) is 8.49. The third-order valence-corrected chi connectivity index (χ3v) is 4.21. The summed E-state index contributed by atoms with van der Waals surface area (Å²) in [5, 5.41) is 2.90.